The molecule has 0 aliphatic rings. The number of benzene rings is 1. The van der Waals surface area contributed by atoms with Gasteiger partial charge >= 0.3 is 18.3 Å². The van der Waals surface area contributed by atoms with E-state index in [1.165, 1.54) is 29.2 Å². The molecule has 0 saturated carbocycles. The van der Waals surface area contributed by atoms with E-state index < -0.39 is 60.4 Å². The van der Waals surface area contributed by atoms with Crippen molar-refractivity contribution in [3.05, 3.63) is 47.3 Å². The van der Waals surface area contributed by atoms with Crippen LogP contribution in [0.1, 0.15) is 30.8 Å². The number of carbonyl (C=O) groups is 1. The first-order chi connectivity index (χ1) is 17.6. The van der Waals surface area contributed by atoms with Crippen LogP contribution in [0.2, 0.25) is 0 Å². The number of fused-ring (bicyclic) bond motifs is 1. The number of rotatable bonds is 9. The Kier molecular flexibility index (Phi) is 8.17. The van der Waals surface area contributed by atoms with E-state index in [2.05, 4.69) is 10.1 Å². The maximum Gasteiger partial charge on any atom is 0.459 e. The van der Waals surface area contributed by atoms with Gasteiger partial charge in [-0.3, -0.25) is 4.79 Å². The third-order valence-corrected chi connectivity index (χ3v) is 5.57. The van der Waals surface area contributed by atoms with Crippen molar-refractivity contribution in [2.45, 2.75) is 38.5 Å². The summed E-state index contributed by atoms with van der Waals surface area (Å²) in [7, 11) is 0. The number of likely N-dealkylation sites (N-methyl/N-ethyl adjacent to an activating group) is 1. The normalized spacial score (nSPS) is 12.7. The van der Waals surface area contributed by atoms with Gasteiger partial charge in [-0.05, 0) is 44.2 Å². The number of hydrogen-bond acceptors (Lipinski definition) is 4. The SMILES string of the molecule is CCN(CC)C(=O)Cc1c(-c2ccc(OCCF)cc2)nn2c(C(F)(F)C(F)(F)F)cc(C(F)(F)F)nc12. The number of carbonyl (C=O) groups excluding carboxylic acids is 1. The Balaban J connectivity index is 2.36. The van der Waals surface area contributed by atoms with Crippen molar-refractivity contribution in [3.8, 4) is 17.0 Å². The Hall–Kier alpha value is -3.52. The van der Waals surface area contributed by atoms with Crippen LogP contribution in [0.5, 0.6) is 5.75 Å². The van der Waals surface area contributed by atoms with Gasteiger partial charge in [0.25, 0.3) is 0 Å². The topological polar surface area (TPSA) is 59.7 Å². The number of amides is 1. The lowest BCUT2D eigenvalue weighted by molar-refractivity contribution is -0.291. The van der Waals surface area contributed by atoms with Crippen LogP contribution in [0, 0.1) is 0 Å². The minimum atomic E-state index is -6.26. The van der Waals surface area contributed by atoms with Crippen molar-refractivity contribution in [2.75, 3.05) is 26.4 Å². The molecule has 38 heavy (non-hydrogen) atoms. The van der Waals surface area contributed by atoms with Crippen LogP contribution in [0.4, 0.5) is 39.5 Å². The molecule has 3 rings (SSSR count). The fourth-order valence-corrected chi connectivity index (χ4v) is 3.67. The highest BCUT2D eigenvalue weighted by molar-refractivity contribution is 5.84. The van der Waals surface area contributed by atoms with Crippen LogP contribution in [0.25, 0.3) is 16.9 Å². The molecule has 0 N–H and O–H groups in total. The van der Waals surface area contributed by atoms with Crippen LogP contribution in [-0.4, -0.2) is 58.0 Å². The number of aromatic nitrogens is 3. The second-order valence-electron chi connectivity index (χ2n) is 7.96. The summed E-state index contributed by atoms with van der Waals surface area (Å²) in [5.74, 6) is -6.21. The average Bonchev–Trinajstić information content (AvgIpc) is 3.20. The standard InChI is InChI=1S/C23H21F9N4O2/c1-3-35(4-2)18(37)11-15-19(13-5-7-14(8-6-13)38-10-9-24)34-36-17(21(25,26)23(30,31)32)12-16(22(27,28)29)33-20(15)36/h5-8,12H,3-4,9-11H2,1-2H3. The number of alkyl halides is 9. The Morgan fingerprint density at radius 3 is 2.11 bits per heavy atom. The third-order valence-electron chi connectivity index (χ3n) is 5.57. The van der Waals surface area contributed by atoms with Gasteiger partial charge in [0.1, 0.15) is 30.4 Å². The van der Waals surface area contributed by atoms with E-state index >= 15 is 0 Å². The van der Waals surface area contributed by atoms with Crippen molar-refractivity contribution < 1.29 is 49.0 Å². The maximum absolute atomic E-state index is 14.5. The summed E-state index contributed by atoms with van der Waals surface area (Å²) in [5.41, 5.74) is -5.78. The number of nitrogens with zero attached hydrogens (tertiary/aromatic N) is 4. The molecule has 3 aromatic rings. The predicted molar refractivity (Wildman–Crippen MR) is 116 cm³/mol. The highest BCUT2D eigenvalue weighted by Crippen LogP contribution is 2.45. The van der Waals surface area contributed by atoms with Crippen molar-refractivity contribution in [3.63, 3.8) is 0 Å². The van der Waals surface area contributed by atoms with Gasteiger partial charge in [-0.2, -0.15) is 40.2 Å². The Morgan fingerprint density at radius 1 is 1.00 bits per heavy atom. The van der Waals surface area contributed by atoms with Crippen molar-refractivity contribution in [2.24, 2.45) is 0 Å². The molecular formula is C23H21F9N4O2. The molecule has 0 fully saturated rings. The zero-order valence-corrected chi connectivity index (χ0v) is 19.9. The number of ether oxygens (including phenoxy) is 1. The molecule has 1 amide bonds. The fourth-order valence-electron chi connectivity index (χ4n) is 3.67. The van der Waals surface area contributed by atoms with Crippen molar-refractivity contribution in [1.29, 1.82) is 0 Å². The fraction of sp³-hybridized carbons (Fsp3) is 0.435. The Labute approximate surface area is 210 Å². The summed E-state index contributed by atoms with van der Waals surface area (Å²) in [6.07, 6.45) is -12.3. The molecule has 15 heteroatoms. The molecule has 208 valence electrons. The van der Waals surface area contributed by atoms with E-state index in [-0.39, 0.29) is 46.8 Å². The lowest BCUT2D eigenvalue weighted by Crippen LogP contribution is -2.36. The van der Waals surface area contributed by atoms with Crippen molar-refractivity contribution in [1.82, 2.24) is 19.5 Å². The van der Waals surface area contributed by atoms with Crippen LogP contribution in [0.15, 0.2) is 30.3 Å². The van der Waals surface area contributed by atoms with Gasteiger partial charge in [0.05, 0.1) is 12.1 Å². The van der Waals surface area contributed by atoms with Crippen LogP contribution in [-0.2, 0) is 23.3 Å². The minimum Gasteiger partial charge on any atom is -0.491 e. The molecule has 0 saturated heterocycles. The van der Waals surface area contributed by atoms with E-state index in [1.807, 2.05) is 0 Å². The number of hydrogen-bond donors (Lipinski definition) is 0. The Morgan fingerprint density at radius 2 is 1.61 bits per heavy atom. The molecule has 0 atom stereocenters. The maximum atomic E-state index is 14.5. The highest BCUT2D eigenvalue weighted by atomic mass is 19.4. The van der Waals surface area contributed by atoms with Crippen LogP contribution >= 0.6 is 0 Å². The first-order valence-corrected chi connectivity index (χ1v) is 11.2. The van der Waals surface area contributed by atoms with Gasteiger partial charge in [-0.15, -0.1) is 0 Å². The van der Waals surface area contributed by atoms with Gasteiger partial charge in [-0.1, -0.05) is 0 Å². The zero-order valence-electron chi connectivity index (χ0n) is 19.9. The zero-order chi connectivity index (χ0) is 28.5. The smallest absolute Gasteiger partial charge is 0.459 e. The van der Waals surface area contributed by atoms with Gasteiger partial charge in [0, 0.05) is 24.2 Å². The molecule has 0 radical (unpaired) electrons. The second kappa shape index (κ2) is 10.7. The van der Waals surface area contributed by atoms with E-state index in [1.54, 1.807) is 13.8 Å². The Bertz CT molecular complexity index is 1280. The molecule has 1 aromatic carbocycles. The third kappa shape index (κ3) is 5.65. The molecule has 2 aromatic heterocycles. The second-order valence-corrected chi connectivity index (χ2v) is 7.96. The molecular weight excluding hydrogens is 535 g/mol. The monoisotopic (exact) mass is 556 g/mol. The first kappa shape index (κ1) is 29.0. The van der Waals surface area contributed by atoms with Crippen LogP contribution in [0.3, 0.4) is 0 Å². The minimum absolute atomic E-state index is 0.0174. The molecule has 0 aliphatic heterocycles. The summed E-state index contributed by atoms with van der Waals surface area (Å²) in [6, 6.07) is 4.77. The van der Waals surface area contributed by atoms with Gasteiger partial charge in [0.15, 0.2) is 5.65 Å². The summed E-state index contributed by atoms with van der Waals surface area (Å²) in [6.45, 7) is 2.56. The summed E-state index contributed by atoms with van der Waals surface area (Å²) < 4.78 is 127. The predicted octanol–water partition coefficient (Wildman–Crippen LogP) is 5.83. The van der Waals surface area contributed by atoms with E-state index in [0.717, 1.165) is 0 Å². The summed E-state index contributed by atoms with van der Waals surface area (Å²) in [5, 5.41) is 3.78. The van der Waals surface area contributed by atoms with Crippen molar-refractivity contribution >= 4 is 11.6 Å². The molecule has 0 spiro atoms. The lowest BCUT2D eigenvalue weighted by atomic mass is 10.0. The van der Waals surface area contributed by atoms with Gasteiger partial charge in [-0.25, -0.2) is 13.9 Å². The van der Waals surface area contributed by atoms with Crippen LogP contribution < -0.4 is 4.74 Å². The van der Waals surface area contributed by atoms with Gasteiger partial charge < -0.3 is 9.64 Å². The molecule has 6 nitrogen and oxygen atoms in total. The van der Waals surface area contributed by atoms with E-state index in [4.69, 9.17) is 4.74 Å². The average molecular weight is 556 g/mol. The van der Waals surface area contributed by atoms with Gasteiger partial charge in [0.2, 0.25) is 5.91 Å². The molecule has 2 heterocycles. The largest absolute Gasteiger partial charge is 0.491 e. The molecule has 0 unspecified atom stereocenters. The first-order valence-electron chi connectivity index (χ1n) is 11.2. The molecule has 0 aliphatic carbocycles. The summed E-state index contributed by atoms with van der Waals surface area (Å²) >= 11 is 0. The molecule has 0 bridgehead atoms. The quantitative estimate of drug-likeness (QED) is 0.312. The summed E-state index contributed by atoms with van der Waals surface area (Å²) in [4.78, 5) is 17.5. The number of halogens is 9. The lowest BCUT2D eigenvalue weighted by Gasteiger charge is -2.21. The van der Waals surface area contributed by atoms with E-state index in [9.17, 15) is 44.3 Å². The highest BCUT2D eigenvalue weighted by Gasteiger charge is 2.61. The van der Waals surface area contributed by atoms with E-state index in [0.29, 0.717) is 0 Å².